The van der Waals surface area contributed by atoms with E-state index in [0.29, 0.717) is 12.5 Å². The Labute approximate surface area is 126 Å². The molecule has 0 spiro atoms. The van der Waals surface area contributed by atoms with Crippen LogP contribution in [0.4, 0.5) is 0 Å². The van der Waals surface area contributed by atoms with E-state index in [0.717, 1.165) is 31.6 Å². The predicted octanol–water partition coefficient (Wildman–Crippen LogP) is 2.32. The maximum atomic E-state index is 6.19. The number of aryl methyl sites for hydroxylation is 1. The summed E-state index contributed by atoms with van der Waals surface area (Å²) in [5, 5.41) is 4.38. The van der Waals surface area contributed by atoms with E-state index in [1.807, 2.05) is 4.68 Å². The minimum atomic E-state index is 0.0261. The lowest BCUT2D eigenvalue weighted by Crippen LogP contribution is -2.36. The van der Waals surface area contributed by atoms with E-state index < -0.39 is 0 Å². The molecule has 0 saturated heterocycles. The molecule has 0 amide bonds. The van der Waals surface area contributed by atoms with Crippen molar-refractivity contribution >= 4 is 0 Å². The molecular weight excluding hydrogens is 260 g/mol. The van der Waals surface area contributed by atoms with Crippen LogP contribution in [0.5, 0.6) is 0 Å². The Kier molecular flexibility index (Phi) is 3.81. The minimum Gasteiger partial charge on any atom is -0.330 e. The molecule has 2 aromatic rings. The summed E-state index contributed by atoms with van der Waals surface area (Å²) in [6.45, 7) is 5.99. The molecule has 0 fully saturated rings. The van der Waals surface area contributed by atoms with Crippen molar-refractivity contribution in [2.24, 2.45) is 11.7 Å². The number of nitrogens with two attached hydrogens (primary N) is 1. The summed E-state index contributed by atoms with van der Waals surface area (Å²) in [6, 6.07) is 8.70. The molecule has 1 heterocycles. The first kappa shape index (κ1) is 14.3. The number of nitrogens with zero attached hydrogens (tertiary/aromatic N) is 3. The monoisotopic (exact) mass is 284 g/mol. The quantitative estimate of drug-likeness (QED) is 0.916. The first-order chi connectivity index (χ1) is 10.1. The molecule has 1 atom stereocenters. The highest BCUT2D eigenvalue weighted by atomic mass is 15.3. The van der Waals surface area contributed by atoms with Gasteiger partial charge < -0.3 is 5.73 Å². The number of fused-ring (bicyclic) bond motifs is 1. The van der Waals surface area contributed by atoms with Gasteiger partial charge in [0.2, 0.25) is 0 Å². The summed E-state index contributed by atoms with van der Waals surface area (Å²) in [4.78, 5) is 4.49. The Hall–Kier alpha value is -1.68. The molecule has 1 aromatic carbocycles. The number of hydrogen-bond acceptors (Lipinski definition) is 3. The Bertz CT molecular complexity index is 617. The Morgan fingerprint density at radius 1 is 1.33 bits per heavy atom. The first-order valence-corrected chi connectivity index (χ1v) is 7.80. The molecule has 4 nitrogen and oxygen atoms in total. The summed E-state index contributed by atoms with van der Waals surface area (Å²) in [7, 11) is 0. The number of rotatable bonds is 5. The highest BCUT2D eigenvalue weighted by molar-refractivity contribution is 5.40. The fourth-order valence-electron chi connectivity index (χ4n) is 3.46. The van der Waals surface area contributed by atoms with Gasteiger partial charge in [0.15, 0.2) is 0 Å². The van der Waals surface area contributed by atoms with Gasteiger partial charge in [-0.1, -0.05) is 38.1 Å². The summed E-state index contributed by atoms with van der Waals surface area (Å²) in [6.07, 6.45) is 4.78. The van der Waals surface area contributed by atoms with E-state index in [2.05, 4.69) is 48.2 Å². The topological polar surface area (TPSA) is 56.7 Å². The van der Waals surface area contributed by atoms with Crippen molar-refractivity contribution in [3.63, 3.8) is 0 Å². The molecule has 0 saturated carbocycles. The SMILES string of the molecule is CC(C)Cn1ncnc1CC1(CN)CCc2ccccc21. The standard InChI is InChI=1S/C17H24N4/c1-13(2)10-21-16(19-12-20-21)9-17(11-18)8-7-14-5-3-4-6-15(14)17/h3-6,12-13H,7-11,18H2,1-2H3. The van der Waals surface area contributed by atoms with Gasteiger partial charge in [-0.15, -0.1) is 0 Å². The van der Waals surface area contributed by atoms with Crippen LogP contribution in [0.3, 0.4) is 0 Å². The molecule has 1 aliphatic carbocycles. The van der Waals surface area contributed by atoms with Gasteiger partial charge >= 0.3 is 0 Å². The average molecular weight is 284 g/mol. The molecular formula is C17H24N4. The molecule has 1 aromatic heterocycles. The second kappa shape index (κ2) is 5.60. The summed E-state index contributed by atoms with van der Waals surface area (Å²) < 4.78 is 2.04. The zero-order valence-electron chi connectivity index (χ0n) is 12.9. The van der Waals surface area contributed by atoms with Gasteiger partial charge in [0, 0.05) is 24.9 Å². The molecule has 0 radical (unpaired) electrons. The largest absolute Gasteiger partial charge is 0.330 e. The van der Waals surface area contributed by atoms with Gasteiger partial charge in [0.25, 0.3) is 0 Å². The normalized spacial score (nSPS) is 21.0. The fourth-order valence-corrected chi connectivity index (χ4v) is 3.46. The maximum Gasteiger partial charge on any atom is 0.138 e. The van der Waals surface area contributed by atoms with Crippen molar-refractivity contribution in [3.05, 3.63) is 47.5 Å². The smallest absolute Gasteiger partial charge is 0.138 e. The van der Waals surface area contributed by atoms with E-state index in [-0.39, 0.29) is 5.41 Å². The second-order valence-electron chi connectivity index (χ2n) is 6.57. The number of hydrogen-bond donors (Lipinski definition) is 1. The van der Waals surface area contributed by atoms with Crippen LogP contribution in [0.15, 0.2) is 30.6 Å². The summed E-state index contributed by atoms with van der Waals surface area (Å²) in [5.41, 5.74) is 9.07. The van der Waals surface area contributed by atoms with Crippen molar-refractivity contribution in [1.29, 1.82) is 0 Å². The third kappa shape index (κ3) is 2.60. The van der Waals surface area contributed by atoms with Crippen molar-refractivity contribution in [2.45, 2.75) is 45.1 Å². The van der Waals surface area contributed by atoms with Gasteiger partial charge in [-0.05, 0) is 29.9 Å². The number of aromatic nitrogens is 3. The predicted molar refractivity (Wildman–Crippen MR) is 84.1 cm³/mol. The molecule has 0 aliphatic heterocycles. The van der Waals surface area contributed by atoms with Crippen LogP contribution in [0.25, 0.3) is 0 Å². The highest BCUT2D eigenvalue weighted by Gasteiger charge is 2.38. The van der Waals surface area contributed by atoms with Crippen LogP contribution >= 0.6 is 0 Å². The van der Waals surface area contributed by atoms with E-state index in [9.17, 15) is 0 Å². The summed E-state index contributed by atoms with van der Waals surface area (Å²) >= 11 is 0. The van der Waals surface area contributed by atoms with E-state index in [4.69, 9.17) is 5.73 Å². The first-order valence-electron chi connectivity index (χ1n) is 7.80. The molecule has 2 N–H and O–H groups in total. The van der Waals surface area contributed by atoms with Crippen molar-refractivity contribution in [2.75, 3.05) is 6.54 Å². The van der Waals surface area contributed by atoms with Gasteiger partial charge in [0.1, 0.15) is 12.2 Å². The lowest BCUT2D eigenvalue weighted by molar-refractivity contribution is 0.393. The zero-order valence-corrected chi connectivity index (χ0v) is 12.9. The molecule has 21 heavy (non-hydrogen) atoms. The molecule has 3 rings (SSSR count). The van der Waals surface area contributed by atoms with Crippen LogP contribution < -0.4 is 5.73 Å². The Morgan fingerprint density at radius 2 is 2.14 bits per heavy atom. The van der Waals surface area contributed by atoms with Gasteiger partial charge in [-0.3, -0.25) is 0 Å². The fraction of sp³-hybridized carbons (Fsp3) is 0.529. The van der Waals surface area contributed by atoms with E-state index in [1.165, 1.54) is 11.1 Å². The molecule has 4 heteroatoms. The molecule has 1 unspecified atom stereocenters. The van der Waals surface area contributed by atoms with Crippen LogP contribution in [0.2, 0.25) is 0 Å². The van der Waals surface area contributed by atoms with Crippen LogP contribution in [0, 0.1) is 5.92 Å². The highest BCUT2D eigenvalue weighted by Crippen LogP contribution is 2.40. The molecule has 0 bridgehead atoms. The summed E-state index contributed by atoms with van der Waals surface area (Å²) in [5.74, 6) is 1.63. The second-order valence-corrected chi connectivity index (χ2v) is 6.57. The van der Waals surface area contributed by atoms with Gasteiger partial charge in [-0.25, -0.2) is 9.67 Å². The van der Waals surface area contributed by atoms with E-state index >= 15 is 0 Å². The average Bonchev–Trinajstić information content (AvgIpc) is 3.05. The van der Waals surface area contributed by atoms with Gasteiger partial charge in [0.05, 0.1) is 0 Å². The van der Waals surface area contributed by atoms with Crippen LogP contribution in [-0.2, 0) is 24.8 Å². The molecule has 112 valence electrons. The Morgan fingerprint density at radius 3 is 2.90 bits per heavy atom. The van der Waals surface area contributed by atoms with Crippen molar-refractivity contribution in [3.8, 4) is 0 Å². The molecule has 1 aliphatic rings. The van der Waals surface area contributed by atoms with Crippen LogP contribution in [0.1, 0.15) is 37.2 Å². The Balaban J connectivity index is 1.91. The number of benzene rings is 1. The zero-order chi connectivity index (χ0) is 14.9. The lowest BCUT2D eigenvalue weighted by atomic mass is 9.78. The maximum absolute atomic E-state index is 6.19. The lowest BCUT2D eigenvalue weighted by Gasteiger charge is -2.28. The minimum absolute atomic E-state index is 0.0261. The third-order valence-electron chi connectivity index (χ3n) is 4.58. The van der Waals surface area contributed by atoms with Crippen molar-refractivity contribution < 1.29 is 0 Å². The van der Waals surface area contributed by atoms with E-state index in [1.54, 1.807) is 6.33 Å². The third-order valence-corrected chi connectivity index (χ3v) is 4.58. The van der Waals surface area contributed by atoms with Gasteiger partial charge in [-0.2, -0.15) is 5.10 Å². The van der Waals surface area contributed by atoms with Crippen molar-refractivity contribution in [1.82, 2.24) is 14.8 Å². The van der Waals surface area contributed by atoms with Crippen LogP contribution in [-0.4, -0.2) is 21.3 Å².